The number of nitrogens with zero attached hydrogens (tertiary/aromatic N) is 4. The zero-order chi connectivity index (χ0) is 17.9. The molecule has 0 saturated carbocycles. The smallest absolute Gasteiger partial charge is 0.249 e. The van der Waals surface area contributed by atoms with E-state index in [2.05, 4.69) is 20.1 Å². The summed E-state index contributed by atoms with van der Waals surface area (Å²) >= 11 is 0. The Morgan fingerprint density at radius 2 is 2.08 bits per heavy atom. The molecule has 26 heavy (non-hydrogen) atoms. The van der Waals surface area contributed by atoms with E-state index in [0.717, 1.165) is 31.0 Å². The van der Waals surface area contributed by atoms with Crippen molar-refractivity contribution in [1.29, 1.82) is 0 Å². The molecule has 1 fully saturated rings. The van der Waals surface area contributed by atoms with Crippen LogP contribution in [0.3, 0.4) is 0 Å². The number of hydrogen-bond acceptors (Lipinski definition) is 5. The van der Waals surface area contributed by atoms with E-state index < -0.39 is 11.6 Å². The number of halogens is 2. The van der Waals surface area contributed by atoms with E-state index in [1.165, 1.54) is 6.07 Å². The highest BCUT2D eigenvalue weighted by molar-refractivity contribution is 5.50. The highest BCUT2D eigenvalue weighted by Gasteiger charge is 2.26. The summed E-state index contributed by atoms with van der Waals surface area (Å²) in [4.78, 5) is 6.15. The van der Waals surface area contributed by atoms with Crippen molar-refractivity contribution in [3.63, 3.8) is 0 Å². The van der Waals surface area contributed by atoms with E-state index >= 15 is 0 Å². The van der Waals surface area contributed by atoms with Crippen LogP contribution in [0.25, 0.3) is 11.5 Å². The maximum Gasteiger partial charge on any atom is 0.249 e. The van der Waals surface area contributed by atoms with Gasteiger partial charge in [-0.05, 0) is 37.6 Å². The SMILES string of the molecule is Fc1cccc(CN2CCC[C@@H](c3nnc(-c4cccnc4)o3)C2)c1F. The highest BCUT2D eigenvalue weighted by atomic mass is 19.2. The molecule has 7 heteroatoms. The molecule has 1 aliphatic heterocycles. The maximum absolute atomic E-state index is 13.9. The second-order valence-corrected chi connectivity index (χ2v) is 6.47. The molecular formula is C19H18F2N4O. The van der Waals surface area contributed by atoms with Gasteiger partial charge in [0.1, 0.15) is 0 Å². The average Bonchev–Trinajstić information content (AvgIpc) is 3.17. The zero-order valence-corrected chi connectivity index (χ0v) is 14.1. The average molecular weight is 356 g/mol. The predicted molar refractivity (Wildman–Crippen MR) is 91.1 cm³/mol. The Balaban J connectivity index is 1.47. The lowest BCUT2D eigenvalue weighted by atomic mass is 9.97. The van der Waals surface area contributed by atoms with E-state index in [9.17, 15) is 8.78 Å². The van der Waals surface area contributed by atoms with Gasteiger partial charge in [0, 0.05) is 31.0 Å². The van der Waals surface area contributed by atoms with E-state index in [1.54, 1.807) is 18.5 Å². The molecule has 3 heterocycles. The molecule has 2 aromatic heterocycles. The van der Waals surface area contributed by atoms with Gasteiger partial charge >= 0.3 is 0 Å². The summed E-state index contributed by atoms with van der Waals surface area (Å²) < 4.78 is 33.2. The number of benzene rings is 1. The number of hydrogen-bond donors (Lipinski definition) is 0. The first kappa shape index (κ1) is 16.8. The van der Waals surface area contributed by atoms with Crippen molar-refractivity contribution in [1.82, 2.24) is 20.1 Å². The summed E-state index contributed by atoms with van der Waals surface area (Å²) in [6, 6.07) is 7.97. The van der Waals surface area contributed by atoms with Crippen LogP contribution in [0, 0.1) is 11.6 Å². The zero-order valence-electron chi connectivity index (χ0n) is 14.1. The molecule has 1 aliphatic rings. The van der Waals surface area contributed by atoms with E-state index in [1.807, 2.05) is 12.1 Å². The first-order chi connectivity index (χ1) is 12.7. The Morgan fingerprint density at radius 1 is 1.15 bits per heavy atom. The third-order valence-electron chi connectivity index (χ3n) is 4.63. The van der Waals surface area contributed by atoms with Crippen LogP contribution in [0.4, 0.5) is 8.78 Å². The summed E-state index contributed by atoms with van der Waals surface area (Å²) in [6.07, 6.45) is 5.23. The van der Waals surface area contributed by atoms with Crippen molar-refractivity contribution in [2.24, 2.45) is 0 Å². The van der Waals surface area contributed by atoms with Crippen LogP contribution in [0.1, 0.15) is 30.2 Å². The monoisotopic (exact) mass is 356 g/mol. The molecule has 0 amide bonds. The lowest BCUT2D eigenvalue weighted by Gasteiger charge is -2.31. The number of pyridine rings is 1. The second-order valence-electron chi connectivity index (χ2n) is 6.47. The lowest BCUT2D eigenvalue weighted by molar-refractivity contribution is 0.184. The Labute approximate surface area is 149 Å². The van der Waals surface area contributed by atoms with Crippen molar-refractivity contribution >= 4 is 0 Å². The molecule has 4 rings (SSSR count). The summed E-state index contributed by atoms with van der Waals surface area (Å²) in [5.74, 6) is -0.478. The minimum absolute atomic E-state index is 0.0818. The Morgan fingerprint density at radius 3 is 2.92 bits per heavy atom. The van der Waals surface area contributed by atoms with Crippen molar-refractivity contribution in [2.45, 2.75) is 25.3 Å². The van der Waals surface area contributed by atoms with Crippen LogP contribution in [-0.4, -0.2) is 33.2 Å². The third kappa shape index (κ3) is 3.48. The van der Waals surface area contributed by atoms with Gasteiger partial charge in [0.05, 0.1) is 11.5 Å². The third-order valence-corrected chi connectivity index (χ3v) is 4.63. The summed E-state index contributed by atoms with van der Waals surface area (Å²) in [5, 5.41) is 8.30. The first-order valence-corrected chi connectivity index (χ1v) is 8.60. The lowest BCUT2D eigenvalue weighted by Crippen LogP contribution is -2.34. The van der Waals surface area contributed by atoms with Gasteiger partial charge < -0.3 is 4.42 Å². The van der Waals surface area contributed by atoms with Crippen molar-refractivity contribution in [3.8, 4) is 11.5 Å². The summed E-state index contributed by atoms with van der Waals surface area (Å²) in [5.41, 5.74) is 1.15. The Kier molecular flexibility index (Phi) is 4.71. The van der Waals surface area contributed by atoms with Crippen molar-refractivity contribution in [3.05, 3.63) is 65.8 Å². The van der Waals surface area contributed by atoms with E-state index in [-0.39, 0.29) is 5.92 Å². The van der Waals surface area contributed by atoms with Gasteiger partial charge in [-0.15, -0.1) is 10.2 Å². The van der Waals surface area contributed by atoms with Crippen molar-refractivity contribution in [2.75, 3.05) is 13.1 Å². The molecule has 0 N–H and O–H groups in total. The van der Waals surface area contributed by atoms with Gasteiger partial charge in [0.15, 0.2) is 11.6 Å². The molecule has 0 radical (unpaired) electrons. The molecule has 0 spiro atoms. The van der Waals surface area contributed by atoms with Crippen LogP contribution in [0.5, 0.6) is 0 Å². The van der Waals surface area contributed by atoms with Gasteiger partial charge in [-0.1, -0.05) is 12.1 Å². The van der Waals surface area contributed by atoms with Gasteiger partial charge in [-0.2, -0.15) is 0 Å². The van der Waals surface area contributed by atoms with E-state index in [4.69, 9.17) is 4.42 Å². The Hall–Kier alpha value is -2.67. The molecule has 3 aromatic rings. The van der Waals surface area contributed by atoms with Gasteiger partial charge in [-0.25, -0.2) is 8.78 Å². The molecule has 0 unspecified atom stereocenters. The normalized spacial score (nSPS) is 18.2. The van der Waals surface area contributed by atoms with Crippen molar-refractivity contribution < 1.29 is 13.2 Å². The van der Waals surface area contributed by atoms with Gasteiger partial charge in [0.2, 0.25) is 11.8 Å². The Bertz CT molecular complexity index is 884. The molecule has 1 saturated heterocycles. The van der Waals surface area contributed by atoms with Crippen LogP contribution < -0.4 is 0 Å². The van der Waals surface area contributed by atoms with E-state index in [0.29, 0.717) is 30.4 Å². The molecular weight excluding hydrogens is 338 g/mol. The summed E-state index contributed by atoms with van der Waals surface area (Å²) in [7, 11) is 0. The minimum Gasteiger partial charge on any atom is -0.420 e. The standard InChI is InChI=1S/C19H18F2N4O/c20-16-7-1-4-14(17(16)21)11-25-9-3-6-15(12-25)19-24-23-18(26-19)13-5-2-8-22-10-13/h1-2,4-5,7-8,10,15H,3,6,9,11-12H2/t15-/m1/s1. The summed E-state index contributed by atoms with van der Waals surface area (Å²) in [6.45, 7) is 1.87. The fourth-order valence-electron chi connectivity index (χ4n) is 3.32. The number of aromatic nitrogens is 3. The fourth-order valence-corrected chi connectivity index (χ4v) is 3.32. The first-order valence-electron chi connectivity index (χ1n) is 8.60. The molecule has 1 aromatic carbocycles. The van der Waals surface area contributed by atoms with Gasteiger partial charge in [-0.3, -0.25) is 9.88 Å². The fraction of sp³-hybridized carbons (Fsp3) is 0.316. The number of piperidine rings is 1. The molecule has 134 valence electrons. The second kappa shape index (κ2) is 7.29. The molecule has 0 aliphatic carbocycles. The quantitative estimate of drug-likeness (QED) is 0.712. The van der Waals surface area contributed by atoms with Crippen LogP contribution >= 0.6 is 0 Å². The topological polar surface area (TPSA) is 55.1 Å². The maximum atomic E-state index is 13.9. The molecule has 5 nitrogen and oxygen atoms in total. The van der Waals surface area contributed by atoms with Crippen LogP contribution in [0.2, 0.25) is 0 Å². The highest BCUT2D eigenvalue weighted by Crippen LogP contribution is 2.29. The number of likely N-dealkylation sites (tertiary alicyclic amines) is 1. The van der Waals surface area contributed by atoms with Crippen LogP contribution in [-0.2, 0) is 6.54 Å². The number of rotatable bonds is 4. The minimum atomic E-state index is -0.811. The molecule has 1 atom stereocenters. The largest absolute Gasteiger partial charge is 0.420 e. The van der Waals surface area contributed by atoms with Gasteiger partial charge in [0.25, 0.3) is 0 Å². The molecule has 0 bridgehead atoms. The van der Waals surface area contributed by atoms with Crippen LogP contribution in [0.15, 0.2) is 47.1 Å². The predicted octanol–water partition coefficient (Wildman–Crippen LogP) is 3.79.